The highest BCUT2D eigenvalue weighted by Gasteiger charge is 2.26. The standard InChI is InChI=1S/C15H20FNO2/c1-11(13-3-2-4-14(16)8-13)7-15(19)17-6-5-12(9-17)10-18/h2-4,8,11-12,18H,5-7,9-10H2,1H3. The van der Waals surface area contributed by atoms with Gasteiger partial charge in [-0.3, -0.25) is 4.79 Å². The van der Waals surface area contributed by atoms with Crippen molar-refractivity contribution in [1.82, 2.24) is 4.90 Å². The van der Waals surface area contributed by atoms with Gasteiger partial charge in [-0.2, -0.15) is 0 Å². The van der Waals surface area contributed by atoms with Crippen LogP contribution < -0.4 is 0 Å². The smallest absolute Gasteiger partial charge is 0.223 e. The first kappa shape index (κ1) is 14.0. The van der Waals surface area contributed by atoms with E-state index in [2.05, 4.69) is 0 Å². The van der Waals surface area contributed by atoms with Crippen molar-refractivity contribution in [2.45, 2.75) is 25.7 Å². The van der Waals surface area contributed by atoms with Crippen molar-refractivity contribution in [3.05, 3.63) is 35.6 Å². The molecule has 0 bridgehead atoms. The van der Waals surface area contributed by atoms with Crippen LogP contribution in [0.4, 0.5) is 4.39 Å². The van der Waals surface area contributed by atoms with Crippen molar-refractivity contribution < 1.29 is 14.3 Å². The molecule has 1 fully saturated rings. The molecule has 2 unspecified atom stereocenters. The van der Waals surface area contributed by atoms with Gasteiger partial charge in [-0.05, 0) is 30.0 Å². The lowest BCUT2D eigenvalue weighted by molar-refractivity contribution is -0.130. The number of hydrogen-bond donors (Lipinski definition) is 1. The van der Waals surface area contributed by atoms with E-state index in [0.29, 0.717) is 13.0 Å². The molecule has 0 aliphatic carbocycles. The van der Waals surface area contributed by atoms with E-state index in [1.165, 1.54) is 12.1 Å². The third-order valence-electron chi connectivity index (χ3n) is 3.80. The molecule has 1 aliphatic heterocycles. The van der Waals surface area contributed by atoms with Crippen LogP contribution in [-0.2, 0) is 4.79 Å². The summed E-state index contributed by atoms with van der Waals surface area (Å²) in [4.78, 5) is 13.9. The van der Waals surface area contributed by atoms with Crippen LogP contribution in [-0.4, -0.2) is 35.6 Å². The quantitative estimate of drug-likeness (QED) is 0.906. The average Bonchev–Trinajstić information content (AvgIpc) is 2.87. The van der Waals surface area contributed by atoms with Crippen molar-refractivity contribution in [2.75, 3.05) is 19.7 Å². The van der Waals surface area contributed by atoms with Crippen molar-refractivity contribution >= 4 is 5.91 Å². The fourth-order valence-corrected chi connectivity index (χ4v) is 2.53. The fraction of sp³-hybridized carbons (Fsp3) is 0.533. The zero-order chi connectivity index (χ0) is 13.8. The minimum absolute atomic E-state index is 0.0105. The third kappa shape index (κ3) is 3.53. The number of nitrogens with zero attached hydrogens (tertiary/aromatic N) is 1. The first-order valence-corrected chi connectivity index (χ1v) is 6.74. The SMILES string of the molecule is CC(CC(=O)N1CCC(CO)C1)c1cccc(F)c1. The van der Waals surface area contributed by atoms with E-state index in [9.17, 15) is 9.18 Å². The molecule has 1 saturated heterocycles. The second-order valence-corrected chi connectivity index (χ2v) is 5.34. The number of amides is 1. The molecule has 0 radical (unpaired) electrons. The molecule has 2 atom stereocenters. The van der Waals surface area contributed by atoms with Gasteiger partial charge < -0.3 is 10.0 Å². The van der Waals surface area contributed by atoms with Gasteiger partial charge >= 0.3 is 0 Å². The first-order valence-electron chi connectivity index (χ1n) is 6.74. The summed E-state index contributed by atoms with van der Waals surface area (Å²) in [6.07, 6.45) is 1.26. The summed E-state index contributed by atoms with van der Waals surface area (Å²) in [5.41, 5.74) is 0.853. The minimum Gasteiger partial charge on any atom is -0.396 e. The highest BCUT2D eigenvalue weighted by Crippen LogP contribution is 2.23. The van der Waals surface area contributed by atoms with Crippen LogP contribution >= 0.6 is 0 Å². The summed E-state index contributed by atoms with van der Waals surface area (Å²) >= 11 is 0. The normalized spacial score (nSPS) is 20.6. The maximum Gasteiger partial charge on any atom is 0.223 e. The van der Waals surface area contributed by atoms with E-state index in [-0.39, 0.29) is 30.2 Å². The molecular formula is C15H20FNO2. The maximum absolute atomic E-state index is 13.1. The van der Waals surface area contributed by atoms with Gasteiger partial charge in [0, 0.05) is 32.0 Å². The van der Waals surface area contributed by atoms with Gasteiger partial charge in [0.05, 0.1) is 0 Å². The average molecular weight is 265 g/mol. The van der Waals surface area contributed by atoms with Gasteiger partial charge in [0.15, 0.2) is 0 Å². The Kier molecular flexibility index (Phi) is 4.53. The summed E-state index contributed by atoms with van der Waals surface area (Å²) < 4.78 is 13.1. The van der Waals surface area contributed by atoms with E-state index in [4.69, 9.17) is 5.11 Å². The number of aliphatic hydroxyl groups is 1. The molecule has 0 spiro atoms. The highest BCUT2D eigenvalue weighted by atomic mass is 19.1. The van der Waals surface area contributed by atoms with Gasteiger partial charge in [0.1, 0.15) is 5.82 Å². The van der Waals surface area contributed by atoms with Gasteiger partial charge in [-0.25, -0.2) is 4.39 Å². The molecule has 1 heterocycles. The Morgan fingerprint density at radius 2 is 2.37 bits per heavy atom. The van der Waals surface area contributed by atoms with Crippen LogP contribution in [0.1, 0.15) is 31.2 Å². The number of aliphatic hydroxyl groups excluding tert-OH is 1. The number of halogens is 1. The zero-order valence-electron chi connectivity index (χ0n) is 11.2. The Morgan fingerprint density at radius 1 is 1.58 bits per heavy atom. The fourth-order valence-electron chi connectivity index (χ4n) is 2.53. The van der Waals surface area contributed by atoms with Gasteiger partial charge in [-0.15, -0.1) is 0 Å². The molecule has 0 saturated carbocycles. The van der Waals surface area contributed by atoms with E-state index < -0.39 is 0 Å². The van der Waals surface area contributed by atoms with Crippen molar-refractivity contribution in [3.8, 4) is 0 Å². The van der Waals surface area contributed by atoms with Gasteiger partial charge in [0.25, 0.3) is 0 Å². The van der Waals surface area contributed by atoms with E-state index in [1.54, 1.807) is 11.0 Å². The molecule has 1 aliphatic rings. The topological polar surface area (TPSA) is 40.5 Å². The van der Waals surface area contributed by atoms with Crippen LogP contribution in [0, 0.1) is 11.7 Å². The van der Waals surface area contributed by atoms with E-state index >= 15 is 0 Å². The van der Waals surface area contributed by atoms with Crippen molar-refractivity contribution in [2.24, 2.45) is 5.92 Å². The lowest BCUT2D eigenvalue weighted by Crippen LogP contribution is -2.30. The number of benzene rings is 1. The maximum atomic E-state index is 13.1. The second kappa shape index (κ2) is 6.15. The Hall–Kier alpha value is -1.42. The number of rotatable bonds is 4. The predicted octanol–water partition coefficient (Wildman–Crippen LogP) is 2.16. The molecule has 3 nitrogen and oxygen atoms in total. The summed E-state index contributed by atoms with van der Waals surface area (Å²) in [6, 6.07) is 6.41. The molecule has 104 valence electrons. The number of likely N-dealkylation sites (tertiary alicyclic amines) is 1. The van der Waals surface area contributed by atoms with Crippen molar-refractivity contribution in [1.29, 1.82) is 0 Å². The van der Waals surface area contributed by atoms with Crippen LogP contribution in [0.2, 0.25) is 0 Å². The van der Waals surface area contributed by atoms with Gasteiger partial charge in [-0.1, -0.05) is 19.1 Å². The van der Waals surface area contributed by atoms with Crippen LogP contribution in [0.5, 0.6) is 0 Å². The Balaban J connectivity index is 1.92. The Bertz CT molecular complexity index is 450. The molecule has 1 amide bonds. The molecule has 1 aromatic carbocycles. The number of hydrogen-bond acceptors (Lipinski definition) is 2. The minimum atomic E-state index is -0.265. The van der Waals surface area contributed by atoms with Crippen LogP contribution in [0.15, 0.2) is 24.3 Å². The largest absolute Gasteiger partial charge is 0.396 e. The zero-order valence-corrected chi connectivity index (χ0v) is 11.2. The van der Waals surface area contributed by atoms with Crippen LogP contribution in [0.3, 0.4) is 0 Å². The summed E-state index contributed by atoms with van der Waals surface area (Å²) in [5.74, 6) is 0.0517. The summed E-state index contributed by atoms with van der Waals surface area (Å²) in [7, 11) is 0. The Labute approximate surface area is 113 Å². The highest BCUT2D eigenvalue weighted by molar-refractivity contribution is 5.77. The summed E-state index contributed by atoms with van der Waals surface area (Å²) in [5, 5.41) is 9.08. The monoisotopic (exact) mass is 265 g/mol. The first-order chi connectivity index (χ1) is 9.10. The molecule has 19 heavy (non-hydrogen) atoms. The molecule has 4 heteroatoms. The number of carbonyl (C=O) groups excluding carboxylic acids is 1. The van der Waals surface area contributed by atoms with E-state index in [1.807, 2.05) is 13.0 Å². The summed E-state index contributed by atoms with van der Waals surface area (Å²) in [6.45, 7) is 3.45. The third-order valence-corrected chi connectivity index (χ3v) is 3.80. The van der Waals surface area contributed by atoms with E-state index in [0.717, 1.165) is 18.5 Å². The molecule has 1 aromatic rings. The molecular weight excluding hydrogens is 245 g/mol. The molecule has 0 aromatic heterocycles. The molecule has 2 rings (SSSR count). The predicted molar refractivity (Wildman–Crippen MR) is 71.2 cm³/mol. The van der Waals surface area contributed by atoms with Gasteiger partial charge in [0.2, 0.25) is 5.91 Å². The lowest BCUT2D eigenvalue weighted by Gasteiger charge is -2.19. The molecule has 1 N–H and O–H groups in total. The Morgan fingerprint density at radius 3 is 3.00 bits per heavy atom. The lowest BCUT2D eigenvalue weighted by atomic mass is 9.97. The van der Waals surface area contributed by atoms with Crippen molar-refractivity contribution in [3.63, 3.8) is 0 Å². The second-order valence-electron chi connectivity index (χ2n) is 5.34. The number of carbonyl (C=O) groups is 1. The van der Waals surface area contributed by atoms with Crippen LogP contribution in [0.25, 0.3) is 0 Å².